The van der Waals surface area contributed by atoms with E-state index in [-0.39, 0.29) is 11.3 Å². The van der Waals surface area contributed by atoms with Crippen molar-refractivity contribution in [3.8, 4) is 5.75 Å². The molecule has 0 bridgehead atoms. The highest BCUT2D eigenvalue weighted by Crippen LogP contribution is 2.45. The third-order valence-corrected chi connectivity index (χ3v) is 7.29. The molecule has 3 aromatic carbocycles. The van der Waals surface area contributed by atoms with Gasteiger partial charge in [0.1, 0.15) is 11.5 Å². The van der Waals surface area contributed by atoms with Crippen molar-refractivity contribution >= 4 is 44.1 Å². The molecule has 0 radical (unpaired) electrons. The van der Waals surface area contributed by atoms with Crippen LogP contribution in [0.15, 0.2) is 66.2 Å². The number of aliphatic hydroxyl groups is 1. The van der Waals surface area contributed by atoms with E-state index in [1.165, 1.54) is 16.2 Å². The average Bonchev–Trinajstić information content (AvgIpc) is 3.38. The third kappa shape index (κ3) is 3.88. The molecule has 1 aliphatic heterocycles. The molecule has 1 atom stereocenters. The quantitative estimate of drug-likeness (QED) is 0.223. The van der Waals surface area contributed by atoms with Crippen molar-refractivity contribution in [2.45, 2.75) is 26.8 Å². The van der Waals surface area contributed by atoms with E-state index in [0.717, 1.165) is 27.0 Å². The van der Waals surface area contributed by atoms with Gasteiger partial charge >= 0.3 is 5.91 Å². The maximum Gasteiger partial charge on any atom is 0.301 e. The Balaban J connectivity index is 1.74. The predicted molar refractivity (Wildman–Crippen MR) is 138 cm³/mol. The van der Waals surface area contributed by atoms with Crippen LogP contribution in [-0.4, -0.2) is 28.9 Å². The molecule has 1 saturated heterocycles. The number of anilines is 1. The molecule has 4 aromatic rings. The molecule has 1 N–H and O–H groups in total. The van der Waals surface area contributed by atoms with Crippen LogP contribution in [0.1, 0.15) is 33.9 Å². The lowest BCUT2D eigenvalue weighted by Crippen LogP contribution is -2.29. The van der Waals surface area contributed by atoms with Crippen molar-refractivity contribution in [3.05, 3.63) is 94.1 Å². The van der Waals surface area contributed by atoms with E-state index in [2.05, 4.69) is 4.98 Å². The summed E-state index contributed by atoms with van der Waals surface area (Å²) in [5, 5.41) is 11.8. The van der Waals surface area contributed by atoms with Gasteiger partial charge in [0, 0.05) is 5.56 Å². The lowest BCUT2D eigenvalue weighted by molar-refractivity contribution is -0.132. The maximum absolute atomic E-state index is 13.4. The van der Waals surface area contributed by atoms with E-state index in [1.54, 1.807) is 13.2 Å². The lowest BCUT2D eigenvalue weighted by Gasteiger charge is -2.23. The monoisotopic (exact) mass is 484 g/mol. The Morgan fingerprint density at radius 3 is 2.40 bits per heavy atom. The molecule has 6 nitrogen and oxygen atoms in total. The second-order valence-electron chi connectivity index (χ2n) is 8.73. The summed E-state index contributed by atoms with van der Waals surface area (Å²) in [6, 6.07) is 17.9. The number of aliphatic hydroxyl groups excluding tert-OH is 1. The average molecular weight is 485 g/mol. The molecule has 1 aromatic heterocycles. The number of nitrogens with zero attached hydrogens (tertiary/aromatic N) is 2. The Kier molecular flexibility index (Phi) is 5.65. The van der Waals surface area contributed by atoms with Gasteiger partial charge in [0.15, 0.2) is 5.13 Å². The zero-order valence-corrected chi connectivity index (χ0v) is 20.6. The van der Waals surface area contributed by atoms with Gasteiger partial charge < -0.3 is 9.84 Å². The number of ketones is 1. The largest absolute Gasteiger partial charge is 0.507 e. The Bertz CT molecular complexity index is 1520. The van der Waals surface area contributed by atoms with Crippen LogP contribution in [0.5, 0.6) is 5.75 Å². The molecular formula is C28H24N2O4S. The highest BCUT2D eigenvalue weighted by Gasteiger charge is 2.48. The number of carbonyl (C=O) groups is 2. The van der Waals surface area contributed by atoms with Gasteiger partial charge in [-0.05, 0) is 56.2 Å². The Hall–Kier alpha value is -3.97. The highest BCUT2D eigenvalue weighted by atomic mass is 32.1. The number of carbonyl (C=O) groups excluding carboxylic acids is 2. The molecule has 2 heterocycles. The lowest BCUT2D eigenvalue weighted by atomic mass is 9.93. The molecule has 0 saturated carbocycles. The number of Topliss-reactive ketones (excluding diaryl/α,β-unsaturated/α-hetero) is 1. The summed E-state index contributed by atoms with van der Waals surface area (Å²) in [6.07, 6.45) is 0. The van der Waals surface area contributed by atoms with Crippen molar-refractivity contribution < 1.29 is 19.4 Å². The third-order valence-electron chi connectivity index (χ3n) is 6.28. The summed E-state index contributed by atoms with van der Waals surface area (Å²) in [6.45, 7) is 5.76. The fraction of sp³-hybridized carbons (Fsp3) is 0.179. The fourth-order valence-electron chi connectivity index (χ4n) is 4.35. The molecule has 1 unspecified atom stereocenters. The molecule has 1 fully saturated rings. The zero-order valence-electron chi connectivity index (χ0n) is 19.8. The Morgan fingerprint density at radius 2 is 1.69 bits per heavy atom. The van der Waals surface area contributed by atoms with E-state index in [9.17, 15) is 14.7 Å². The number of aryl methyl sites for hydroxylation is 3. The highest BCUT2D eigenvalue weighted by molar-refractivity contribution is 7.22. The zero-order chi connectivity index (χ0) is 24.9. The van der Waals surface area contributed by atoms with E-state index in [4.69, 9.17) is 4.74 Å². The molecular weight excluding hydrogens is 460 g/mol. The molecule has 1 aliphatic rings. The van der Waals surface area contributed by atoms with Crippen molar-refractivity contribution in [2.75, 3.05) is 12.0 Å². The molecule has 0 aliphatic carbocycles. The molecule has 35 heavy (non-hydrogen) atoms. The smallest absolute Gasteiger partial charge is 0.301 e. The van der Waals surface area contributed by atoms with Crippen molar-refractivity contribution in [3.63, 3.8) is 0 Å². The summed E-state index contributed by atoms with van der Waals surface area (Å²) < 4.78 is 6.15. The van der Waals surface area contributed by atoms with Gasteiger partial charge in [0.05, 0.1) is 28.9 Å². The second kappa shape index (κ2) is 8.67. The van der Waals surface area contributed by atoms with E-state index >= 15 is 0 Å². The van der Waals surface area contributed by atoms with Crippen molar-refractivity contribution in [1.29, 1.82) is 0 Å². The molecule has 0 spiro atoms. The molecule has 7 heteroatoms. The number of hydrogen-bond acceptors (Lipinski definition) is 6. The summed E-state index contributed by atoms with van der Waals surface area (Å²) in [5.41, 5.74) is 4.82. The standard InChI is InChI=1S/C28H24N2O4S/c1-15-6-9-18(10-7-15)24-23(25(31)20-13-16(2)5-8-17(20)3)26(32)27(33)30(24)28-29-21-12-11-19(34-4)14-22(21)35-28/h5-14,24,31H,1-4H3. The first-order valence-corrected chi connectivity index (χ1v) is 12.0. The first kappa shape index (κ1) is 22.8. The second-order valence-corrected chi connectivity index (χ2v) is 9.74. The Morgan fingerprint density at radius 1 is 0.971 bits per heavy atom. The number of benzene rings is 3. The minimum atomic E-state index is -0.807. The fourth-order valence-corrected chi connectivity index (χ4v) is 5.37. The van der Waals surface area contributed by atoms with E-state index < -0.39 is 17.7 Å². The molecule has 5 rings (SSSR count). The number of fused-ring (bicyclic) bond motifs is 1. The van der Waals surface area contributed by atoms with Gasteiger partial charge in [-0.2, -0.15) is 0 Å². The molecule has 1 amide bonds. The first-order valence-electron chi connectivity index (χ1n) is 11.2. The van der Waals surface area contributed by atoms with Crippen LogP contribution in [0.3, 0.4) is 0 Å². The number of amides is 1. The number of thiazole rings is 1. The van der Waals surface area contributed by atoms with Crippen LogP contribution in [0.4, 0.5) is 5.13 Å². The van der Waals surface area contributed by atoms with E-state index in [1.807, 2.05) is 75.4 Å². The maximum atomic E-state index is 13.4. The Labute approximate surface area is 207 Å². The van der Waals surface area contributed by atoms with Crippen LogP contribution in [0.2, 0.25) is 0 Å². The topological polar surface area (TPSA) is 79.7 Å². The van der Waals surface area contributed by atoms with Gasteiger partial charge in [-0.3, -0.25) is 14.5 Å². The number of aromatic nitrogens is 1. The number of hydrogen-bond donors (Lipinski definition) is 1. The van der Waals surface area contributed by atoms with Crippen LogP contribution >= 0.6 is 11.3 Å². The van der Waals surface area contributed by atoms with Gasteiger partial charge in [0.2, 0.25) is 0 Å². The minimum Gasteiger partial charge on any atom is -0.507 e. The summed E-state index contributed by atoms with van der Waals surface area (Å²) in [4.78, 5) is 32.9. The van der Waals surface area contributed by atoms with Crippen molar-refractivity contribution in [2.24, 2.45) is 0 Å². The first-order chi connectivity index (χ1) is 16.8. The van der Waals surface area contributed by atoms with Crippen molar-refractivity contribution in [1.82, 2.24) is 4.98 Å². The SMILES string of the molecule is COc1ccc2nc(N3C(=O)C(=O)C(=C(O)c4cc(C)ccc4C)C3c3ccc(C)cc3)sc2c1. The van der Waals surface area contributed by atoms with Crippen LogP contribution < -0.4 is 9.64 Å². The van der Waals surface area contributed by atoms with Crippen LogP contribution in [0.25, 0.3) is 16.0 Å². The summed E-state index contributed by atoms with van der Waals surface area (Å²) in [5.74, 6) is -0.945. The molecule has 176 valence electrons. The predicted octanol–water partition coefficient (Wildman–Crippen LogP) is 5.86. The van der Waals surface area contributed by atoms with Gasteiger partial charge in [-0.1, -0.05) is 58.9 Å². The van der Waals surface area contributed by atoms with E-state index in [0.29, 0.717) is 22.0 Å². The normalized spacial score (nSPS) is 17.4. The van der Waals surface area contributed by atoms with Crippen LogP contribution in [-0.2, 0) is 9.59 Å². The van der Waals surface area contributed by atoms with Gasteiger partial charge in [0.25, 0.3) is 5.78 Å². The summed E-state index contributed by atoms with van der Waals surface area (Å²) >= 11 is 1.30. The number of rotatable bonds is 4. The minimum absolute atomic E-state index is 0.0596. The summed E-state index contributed by atoms with van der Waals surface area (Å²) in [7, 11) is 1.59. The van der Waals surface area contributed by atoms with Crippen LogP contribution in [0, 0.1) is 20.8 Å². The number of ether oxygens (including phenoxy) is 1. The van der Waals surface area contributed by atoms with Gasteiger partial charge in [-0.25, -0.2) is 4.98 Å². The van der Waals surface area contributed by atoms with Gasteiger partial charge in [-0.15, -0.1) is 0 Å². The number of methoxy groups -OCH3 is 1.